The van der Waals surface area contributed by atoms with Gasteiger partial charge in [0.1, 0.15) is 6.67 Å². The van der Waals surface area contributed by atoms with Crippen LogP contribution in [0.3, 0.4) is 0 Å². The fraction of sp³-hybridized carbons (Fsp3) is 0.833. The lowest BCUT2D eigenvalue weighted by atomic mass is 9.95. The first-order valence-corrected chi connectivity index (χ1v) is 2.82. The fourth-order valence-corrected chi connectivity index (χ4v) is 0.399. The quantitative estimate of drug-likeness (QED) is 0.591. The van der Waals surface area contributed by atoms with Crippen molar-refractivity contribution in [3.63, 3.8) is 0 Å². The van der Waals surface area contributed by atoms with Crippen molar-refractivity contribution in [2.24, 2.45) is 5.41 Å². The van der Waals surface area contributed by atoms with Crippen LogP contribution >= 0.6 is 0 Å². The number of alkyl halides is 1. The molecule has 0 radical (unpaired) electrons. The van der Waals surface area contributed by atoms with Crippen molar-refractivity contribution in [1.82, 2.24) is 5.32 Å². The molecule has 0 saturated carbocycles. The molecule has 0 aliphatic rings. The van der Waals surface area contributed by atoms with Crippen molar-refractivity contribution < 1.29 is 9.18 Å². The van der Waals surface area contributed by atoms with E-state index in [4.69, 9.17) is 0 Å². The summed E-state index contributed by atoms with van der Waals surface area (Å²) in [6.45, 7) is 2.50. The van der Waals surface area contributed by atoms with E-state index in [0.29, 0.717) is 0 Å². The largest absolute Gasteiger partial charge is 0.359 e. The second-order valence-electron chi connectivity index (χ2n) is 2.60. The number of nitrogens with one attached hydrogen (secondary N) is 1. The van der Waals surface area contributed by atoms with E-state index in [1.807, 2.05) is 0 Å². The number of hydrogen-bond acceptors (Lipinski definition) is 1. The van der Waals surface area contributed by atoms with Crippen LogP contribution in [0.25, 0.3) is 0 Å². The summed E-state index contributed by atoms with van der Waals surface area (Å²) >= 11 is 0. The molecule has 0 heterocycles. The average Bonchev–Trinajstić information content (AvgIpc) is 1.86. The predicted octanol–water partition coefficient (Wildman–Crippen LogP) is 0.728. The van der Waals surface area contributed by atoms with Crippen LogP contribution in [-0.4, -0.2) is 19.6 Å². The maximum Gasteiger partial charge on any atom is 0.228 e. The smallest absolute Gasteiger partial charge is 0.228 e. The summed E-state index contributed by atoms with van der Waals surface area (Å²) in [5.41, 5.74) is -0.866. The van der Waals surface area contributed by atoms with Crippen molar-refractivity contribution in [1.29, 1.82) is 0 Å². The van der Waals surface area contributed by atoms with Gasteiger partial charge < -0.3 is 5.32 Å². The topological polar surface area (TPSA) is 29.1 Å². The number of carbonyl (C=O) groups excluding carboxylic acids is 1. The Morgan fingerprint density at radius 2 is 2.11 bits per heavy atom. The summed E-state index contributed by atoms with van der Waals surface area (Å²) in [6, 6.07) is 0. The molecule has 0 bridgehead atoms. The highest BCUT2D eigenvalue weighted by Crippen LogP contribution is 2.14. The molecular weight excluding hydrogens is 121 g/mol. The van der Waals surface area contributed by atoms with Crippen molar-refractivity contribution in [2.45, 2.75) is 13.8 Å². The highest BCUT2D eigenvalue weighted by Gasteiger charge is 2.25. The third-order valence-corrected chi connectivity index (χ3v) is 1.18. The van der Waals surface area contributed by atoms with E-state index in [1.165, 1.54) is 7.05 Å². The SMILES string of the molecule is CNC(=O)C(C)(C)CF. The highest BCUT2D eigenvalue weighted by atomic mass is 19.1. The second-order valence-corrected chi connectivity index (χ2v) is 2.60. The number of halogens is 1. The Morgan fingerprint density at radius 3 is 2.22 bits per heavy atom. The maximum absolute atomic E-state index is 11.9. The van der Waals surface area contributed by atoms with E-state index in [1.54, 1.807) is 13.8 Å². The molecule has 0 aromatic heterocycles. The lowest BCUT2D eigenvalue weighted by molar-refractivity contribution is -0.129. The van der Waals surface area contributed by atoms with E-state index >= 15 is 0 Å². The molecule has 1 N–H and O–H groups in total. The van der Waals surface area contributed by atoms with Gasteiger partial charge in [0, 0.05) is 7.05 Å². The van der Waals surface area contributed by atoms with E-state index in [-0.39, 0.29) is 5.91 Å². The third kappa shape index (κ3) is 2.00. The standard InChI is InChI=1S/C6H12FNO/c1-6(2,4-7)5(9)8-3/h4H2,1-3H3,(H,8,9). The summed E-state index contributed by atoms with van der Waals surface area (Å²) < 4.78 is 11.9. The molecule has 9 heavy (non-hydrogen) atoms. The molecule has 0 atom stereocenters. The molecule has 2 nitrogen and oxygen atoms in total. The van der Waals surface area contributed by atoms with Crippen LogP contribution in [0.4, 0.5) is 4.39 Å². The van der Waals surface area contributed by atoms with E-state index in [0.717, 1.165) is 0 Å². The van der Waals surface area contributed by atoms with Crippen molar-refractivity contribution in [3.05, 3.63) is 0 Å². The zero-order chi connectivity index (χ0) is 7.49. The van der Waals surface area contributed by atoms with Gasteiger partial charge in [0.2, 0.25) is 5.91 Å². The molecular formula is C6H12FNO. The average molecular weight is 133 g/mol. The van der Waals surface area contributed by atoms with Gasteiger partial charge in [-0.25, -0.2) is 4.39 Å². The Hall–Kier alpha value is -0.600. The molecule has 0 aliphatic carbocycles. The van der Waals surface area contributed by atoms with E-state index in [9.17, 15) is 9.18 Å². The Bertz CT molecular complexity index is 112. The van der Waals surface area contributed by atoms with Crippen molar-refractivity contribution >= 4 is 5.91 Å². The first-order chi connectivity index (χ1) is 4.04. The van der Waals surface area contributed by atoms with Gasteiger partial charge in [-0.05, 0) is 13.8 Å². The van der Waals surface area contributed by atoms with Gasteiger partial charge >= 0.3 is 0 Å². The van der Waals surface area contributed by atoms with Gasteiger partial charge in [0.25, 0.3) is 0 Å². The van der Waals surface area contributed by atoms with E-state index in [2.05, 4.69) is 5.32 Å². The Kier molecular flexibility index (Phi) is 2.62. The number of hydrogen-bond donors (Lipinski definition) is 1. The summed E-state index contributed by atoms with van der Waals surface area (Å²) in [4.78, 5) is 10.7. The summed E-state index contributed by atoms with van der Waals surface area (Å²) in [5.74, 6) is -0.259. The molecule has 0 fully saturated rings. The van der Waals surface area contributed by atoms with Crippen LogP contribution in [0.2, 0.25) is 0 Å². The lowest BCUT2D eigenvalue weighted by Crippen LogP contribution is -2.35. The zero-order valence-electron chi connectivity index (χ0n) is 5.99. The fourth-order valence-electron chi connectivity index (χ4n) is 0.399. The summed E-state index contributed by atoms with van der Waals surface area (Å²) in [5, 5.41) is 2.38. The molecule has 3 heteroatoms. The predicted molar refractivity (Wildman–Crippen MR) is 33.8 cm³/mol. The normalized spacial score (nSPS) is 11.1. The molecule has 0 aromatic rings. The van der Waals surface area contributed by atoms with E-state index < -0.39 is 12.1 Å². The lowest BCUT2D eigenvalue weighted by Gasteiger charge is -2.16. The minimum atomic E-state index is -0.866. The van der Waals surface area contributed by atoms with Gasteiger partial charge in [-0.15, -0.1) is 0 Å². The van der Waals surface area contributed by atoms with Crippen LogP contribution < -0.4 is 5.32 Å². The van der Waals surface area contributed by atoms with Gasteiger partial charge in [0.15, 0.2) is 0 Å². The Balaban J connectivity index is 3.97. The molecule has 0 rings (SSSR count). The molecule has 0 aromatic carbocycles. The van der Waals surface area contributed by atoms with Crippen molar-refractivity contribution in [2.75, 3.05) is 13.7 Å². The first kappa shape index (κ1) is 8.40. The number of carbonyl (C=O) groups is 1. The highest BCUT2D eigenvalue weighted by molar-refractivity contribution is 5.81. The van der Waals surface area contributed by atoms with Crippen LogP contribution in [0.15, 0.2) is 0 Å². The Labute approximate surface area is 54.4 Å². The molecule has 1 amide bonds. The number of rotatable bonds is 2. The van der Waals surface area contributed by atoms with Crippen molar-refractivity contribution in [3.8, 4) is 0 Å². The van der Waals surface area contributed by atoms with Crippen LogP contribution in [-0.2, 0) is 4.79 Å². The van der Waals surface area contributed by atoms with Gasteiger partial charge in [-0.1, -0.05) is 0 Å². The summed E-state index contributed by atoms with van der Waals surface area (Å²) in [6.07, 6.45) is 0. The van der Waals surface area contributed by atoms with Gasteiger partial charge in [-0.2, -0.15) is 0 Å². The monoisotopic (exact) mass is 133 g/mol. The van der Waals surface area contributed by atoms with Gasteiger partial charge in [0.05, 0.1) is 5.41 Å². The molecule has 54 valence electrons. The molecule has 0 aliphatic heterocycles. The zero-order valence-corrected chi connectivity index (χ0v) is 5.99. The summed E-state index contributed by atoms with van der Waals surface area (Å²) in [7, 11) is 1.50. The minimum absolute atomic E-state index is 0.259. The molecule has 0 saturated heterocycles. The third-order valence-electron chi connectivity index (χ3n) is 1.18. The Morgan fingerprint density at radius 1 is 1.67 bits per heavy atom. The molecule has 0 unspecified atom stereocenters. The second kappa shape index (κ2) is 2.80. The maximum atomic E-state index is 11.9. The van der Waals surface area contributed by atoms with Crippen LogP contribution in [0, 0.1) is 5.41 Å². The van der Waals surface area contributed by atoms with Crippen LogP contribution in [0.5, 0.6) is 0 Å². The van der Waals surface area contributed by atoms with Crippen LogP contribution in [0.1, 0.15) is 13.8 Å². The molecule has 0 spiro atoms. The number of amides is 1. The van der Waals surface area contributed by atoms with Gasteiger partial charge in [-0.3, -0.25) is 4.79 Å². The first-order valence-electron chi connectivity index (χ1n) is 2.82. The minimum Gasteiger partial charge on any atom is -0.359 e.